The zero-order valence-electron chi connectivity index (χ0n) is 14.5. The van der Waals surface area contributed by atoms with Crippen molar-refractivity contribution >= 4 is 18.4 Å². The minimum absolute atomic E-state index is 0.0689. The maximum Gasteiger partial charge on any atom is 0.136 e. The summed E-state index contributed by atoms with van der Waals surface area (Å²) < 4.78 is 13.0. The zero-order chi connectivity index (χ0) is 16.5. The lowest BCUT2D eigenvalue weighted by Gasteiger charge is -2.20. The molecule has 2 aromatic rings. The van der Waals surface area contributed by atoms with Crippen LogP contribution in [-0.4, -0.2) is 0 Å². The van der Waals surface area contributed by atoms with Gasteiger partial charge in [0.15, 0.2) is 0 Å². The van der Waals surface area contributed by atoms with Crippen molar-refractivity contribution in [2.75, 3.05) is 0 Å². The van der Waals surface area contributed by atoms with Crippen LogP contribution in [0, 0.1) is 0 Å². The van der Waals surface area contributed by atoms with Crippen molar-refractivity contribution in [3.63, 3.8) is 0 Å². The van der Waals surface area contributed by atoms with Gasteiger partial charge in [-0.15, -0.1) is 0 Å². The molecular weight excluding hydrogens is 287 g/mol. The molecule has 0 aliphatic heterocycles. The van der Waals surface area contributed by atoms with Gasteiger partial charge in [0.2, 0.25) is 0 Å². The Morgan fingerprint density at radius 1 is 0.682 bits per heavy atom. The molecule has 1 nitrogen and oxygen atoms in total. The highest BCUT2D eigenvalue weighted by Crippen LogP contribution is 2.28. The third-order valence-electron chi connectivity index (χ3n) is 3.89. The molecule has 0 amide bonds. The summed E-state index contributed by atoms with van der Waals surface area (Å²) in [4.78, 5) is 0. The summed E-state index contributed by atoms with van der Waals surface area (Å²) >= 11 is 0. The Bertz CT molecular complexity index is 628. The largest absolute Gasteiger partial charge is 0.277 e. The van der Waals surface area contributed by atoms with E-state index in [2.05, 4.69) is 65.8 Å². The van der Waals surface area contributed by atoms with Gasteiger partial charge in [0.05, 0.1) is 0 Å². The molecule has 0 heterocycles. The van der Waals surface area contributed by atoms with Gasteiger partial charge in [-0.25, -0.2) is 0 Å². The highest BCUT2D eigenvalue weighted by Gasteiger charge is 2.18. The molecule has 0 bridgehead atoms. The second kappa shape index (κ2) is 5.97. The Balaban J connectivity index is 2.41. The van der Waals surface area contributed by atoms with Crippen LogP contribution in [0.15, 0.2) is 48.5 Å². The fourth-order valence-electron chi connectivity index (χ4n) is 2.35. The Morgan fingerprint density at radius 3 is 1.36 bits per heavy atom. The van der Waals surface area contributed by atoms with Crippen molar-refractivity contribution in [2.24, 2.45) is 0 Å². The van der Waals surface area contributed by atoms with E-state index < -0.39 is 7.80 Å². The van der Waals surface area contributed by atoms with Gasteiger partial charge in [0, 0.05) is 10.6 Å². The first kappa shape index (κ1) is 16.9. The molecule has 0 saturated heterocycles. The van der Waals surface area contributed by atoms with E-state index in [1.165, 1.54) is 11.1 Å². The predicted octanol–water partition coefficient (Wildman–Crippen LogP) is 5.06. The minimum Gasteiger partial charge on any atom is -0.277 e. The molecule has 0 aromatic heterocycles. The molecule has 2 rings (SSSR count). The summed E-state index contributed by atoms with van der Waals surface area (Å²) in [6.07, 6.45) is 0. The van der Waals surface area contributed by atoms with Crippen LogP contribution in [0.2, 0.25) is 0 Å². The smallest absolute Gasteiger partial charge is 0.136 e. The van der Waals surface area contributed by atoms with E-state index in [0.717, 1.165) is 10.6 Å². The van der Waals surface area contributed by atoms with Gasteiger partial charge >= 0.3 is 0 Å². The predicted molar refractivity (Wildman–Crippen MR) is 97.2 cm³/mol. The molecule has 1 radical (unpaired) electrons. The zero-order valence-corrected chi connectivity index (χ0v) is 15.4. The van der Waals surface area contributed by atoms with Crippen LogP contribution in [0.1, 0.15) is 52.7 Å². The molecule has 0 aliphatic rings. The third kappa shape index (κ3) is 3.84. The summed E-state index contributed by atoms with van der Waals surface area (Å²) in [6.45, 7) is 13.1. The topological polar surface area (TPSA) is 17.1 Å². The lowest BCUT2D eigenvalue weighted by Crippen LogP contribution is -2.17. The molecule has 0 spiro atoms. The second-order valence-corrected chi connectivity index (χ2v) is 9.52. The summed E-state index contributed by atoms with van der Waals surface area (Å²) in [6, 6.07) is 16.4. The summed E-state index contributed by atoms with van der Waals surface area (Å²) in [7, 11) is -1.55. The highest BCUT2D eigenvalue weighted by atomic mass is 31.1. The van der Waals surface area contributed by atoms with Crippen LogP contribution in [0.25, 0.3) is 0 Å². The van der Waals surface area contributed by atoms with Crippen molar-refractivity contribution in [3.8, 4) is 0 Å². The van der Waals surface area contributed by atoms with Crippen LogP contribution in [0.4, 0.5) is 0 Å². The maximum absolute atomic E-state index is 13.0. The fraction of sp³-hybridized carbons (Fsp3) is 0.400. The van der Waals surface area contributed by atoms with Crippen molar-refractivity contribution in [1.82, 2.24) is 0 Å². The van der Waals surface area contributed by atoms with Crippen LogP contribution in [0.3, 0.4) is 0 Å². The molecule has 0 atom stereocenters. The van der Waals surface area contributed by atoms with Crippen molar-refractivity contribution in [1.29, 1.82) is 0 Å². The van der Waals surface area contributed by atoms with Gasteiger partial charge in [-0.3, -0.25) is 4.57 Å². The molecule has 22 heavy (non-hydrogen) atoms. The van der Waals surface area contributed by atoms with Crippen molar-refractivity contribution < 1.29 is 4.57 Å². The molecule has 0 N–H and O–H groups in total. The Labute approximate surface area is 135 Å². The molecule has 0 unspecified atom stereocenters. The number of hydrogen-bond acceptors (Lipinski definition) is 1. The third-order valence-corrected chi connectivity index (χ3v) is 5.39. The number of rotatable bonds is 2. The van der Waals surface area contributed by atoms with Gasteiger partial charge < -0.3 is 0 Å². The molecule has 0 aliphatic carbocycles. The van der Waals surface area contributed by atoms with E-state index in [9.17, 15) is 4.57 Å². The standard InChI is InChI=1S/C20H26OP/c1-19(2,3)15-9-7-11-17(13-15)22(21)18-12-8-10-16(14-18)20(4,5)6/h7-14H,1-6H3. The first-order chi connectivity index (χ1) is 10.1. The Hall–Kier alpha value is -1.46. The van der Waals surface area contributed by atoms with Gasteiger partial charge in [0.25, 0.3) is 0 Å². The molecule has 2 heteroatoms. The highest BCUT2D eigenvalue weighted by molar-refractivity contribution is 7.61. The normalized spacial score (nSPS) is 12.3. The van der Waals surface area contributed by atoms with Crippen LogP contribution in [-0.2, 0) is 15.4 Å². The van der Waals surface area contributed by atoms with Crippen LogP contribution >= 0.6 is 7.80 Å². The molecule has 0 saturated carbocycles. The molecular formula is C20H26OP. The quantitative estimate of drug-likeness (QED) is 0.708. The van der Waals surface area contributed by atoms with Crippen LogP contribution in [0.5, 0.6) is 0 Å². The van der Waals surface area contributed by atoms with Crippen molar-refractivity contribution in [3.05, 3.63) is 59.7 Å². The first-order valence-corrected chi connectivity index (χ1v) is 9.03. The van der Waals surface area contributed by atoms with Gasteiger partial charge in [-0.2, -0.15) is 0 Å². The maximum atomic E-state index is 13.0. The van der Waals surface area contributed by atoms with Gasteiger partial charge in [-0.1, -0.05) is 65.8 Å². The fourth-order valence-corrected chi connectivity index (χ4v) is 3.60. The van der Waals surface area contributed by atoms with E-state index in [1.807, 2.05) is 24.3 Å². The molecule has 0 fully saturated rings. The summed E-state index contributed by atoms with van der Waals surface area (Å²) in [5.41, 5.74) is 2.58. The van der Waals surface area contributed by atoms with Crippen LogP contribution < -0.4 is 10.6 Å². The lowest BCUT2D eigenvalue weighted by atomic mass is 9.87. The van der Waals surface area contributed by atoms with E-state index in [4.69, 9.17) is 0 Å². The average Bonchev–Trinajstić information content (AvgIpc) is 2.45. The molecule has 117 valence electrons. The number of benzene rings is 2. The molecule has 2 aromatic carbocycles. The van der Waals surface area contributed by atoms with Gasteiger partial charge in [-0.05, 0) is 46.2 Å². The van der Waals surface area contributed by atoms with E-state index >= 15 is 0 Å². The summed E-state index contributed by atoms with van der Waals surface area (Å²) in [5, 5.41) is 1.82. The van der Waals surface area contributed by atoms with Crippen molar-refractivity contribution in [2.45, 2.75) is 52.4 Å². The van der Waals surface area contributed by atoms with Gasteiger partial charge in [0.1, 0.15) is 7.80 Å². The minimum atomic E-state index is -1.55. The van der Waals surface area contributed by atoms with E-state index in [1.54, 1.807) is 0 Å². The number of hydrogen-bond donors (Lipinski definition) is 0. The SMILES string of the molecule is CC(C)(C)c1cccc([P](=O)c2cccc(C(C)(C)C)c2)c1. The monoisotopic (exact) mass is 313 g/mol. The lowest BCUT2D eigenvalue weighted by molar-refractivity contribution is 0.589. The average molecular weight is 313 g/mol. The van der Waals surface area contributed by atoms with E-state index in [-0.39, 0.29) is 10.8 Å². The Kier molecular flexibility index (Phi) is 4.59. The summed E-state index contributed by atoms with van der Waals surface area (Å²) in [5.74, 6) is 0. The Morgan fingerprint density at radius 2 is 1.05 bits per heavy atom. The first-order valence-electron chi connectivity index (χ1n) is 7.77. The second-order valence-electron chi connectivity index (χ2n) is 7.90. The van der Waals surface area contributed by atoms with E-state index in [0.29, 0.717) is 0 Å².